The smallest absolute Gasteiger partial charge is 0.223 e. The molecular weight excluding hydrogens is 234 g/mol. The summed E-state index contributed by atoms with van der Waals surface area (Å²) in [5, 5.41) is 3.11. The van der Waals surface area contributed by atoms with Crippen LogP contribution in [0.15, 0.2) is 24.3 Å². The van der Waals surface area contributed by atoms with Crippen LogP contribution in [-0.4, -0.2) is 5.91 Å². The Morgan fingerprint density at radius 1 is 1.26 bits per heavy atom. The highest BCUT2D eigenvalue weighted by Gasteiger charge is 2.39. The van der Waals surface area contributed by atoms with Gasteiger partial charge in [-0.1, -0.05) is 45.0 Å². The zero-order valence-corrected chi connectivity index (χ0v) is 12.4. The number of carbonyl (C=O) groups excluding carboxylic acids is 1. The molecule has 0 bridgehead atoms. The van der Waals surface area contributed by atoms with E-state index in [1.54, 1.807) is 0 Å². The second-order valence-corrected chi connectivity index (χ2v) is 6.39. The number of rotatable bonds is 5. The van der Waals surface area contributed by atoms with Gasteiger partial charge in [-0.3, -0.25) is 4.79 Å². The zero-order chi connectivity index (χ0) is 14.0. The van der Waals surface area contributed by atoms with Crippen LogP contribution in [0.1, 0.15) is 51.3 Å². The van der Waals surface area contributed by atoms with Gasteiger partial charge in [0, 0.05) is 5.92 Å². The summed E-state index contributed by atoms with van der Waals surface area (Å²) in [5.74, 6) is 1.72. The lowest BCUT2D eigenvalue weighted by atomic mass is 10.00. The highest BCUT2D eigenvalue weighted by molar-refractivity contribution is 5.81. The molecule has 1 aliphatic rings. The van der Waals surface area contributed by atoms with Gasteiger partial charge in [-0.05, 0) is 42.7 Å². The van der Waals surface area contributed by atoms with Crippen LogP contribution < -0.4 is 5.32 Å². The minimum Gasteiger partial charge on any atom is -0.349 e. The van der Waals surface area contributed by atoms with Crippen molar-refractivity contribution < 1.29 is 4.79 Å². The van der Waals surface area contributed by atoms with Crippen molar-refractivity contribution in [3.8, 4) is 0 Å². The van der Waals surface area contributed by atoms with E-state index in [2.05, 4.69) is 57.3 Å². The summed E-state index contributed by atoms with van der Waals surface area (Å²) >= 11 is 0. The third-order valence-corrected chi connectivity index (χ3v) is 3.93. The number of hydrogen-bond acceptors (Lipinski definition) is 1. The predicted molar refractivity (Wildman–Crippen MR) is 78.8 cm³/mol. The van der Waals surface area contributed by atoms with Crippen molar-refractivity contribution in [2.45, 2.75) is 46.6 Å². The van der Waals surface area contributed by atoms with E-state index in [1.807, 2.05) is 0 Å². The molecule has 19 heavy (non-hydrogen) atoms. The quantitative estimate of drug-likeness (QED) is 0.858. The molecule has 0 aromatic heterocycles. The minimum absolute atomic E-state index is 0.105. The van der Waals surface area contributed by atoms with E-state index >= 15 is 0 Å². The van der Waals surface area contributed by atoms with Crippen LogP contribution in [0, 0.1) is 17.8 Å². The Bertz CT molecular complexity index is 435. The van der Waals surface area contributed by atoms with Gasteiger partial charge in [0.15, 0.2) is 0 Å². The molecule has 1 saturated carbocycles. The molecule has 0 unspecified atom stereocenters. The lowest BCUT2D eigenvalue weighted by molar-refractivity contribution is -0.123. The number of hydrogen-bond donors (Lipinski definition) is 1. The molecule has 1 amide bonds. The largest absolute Gasteiger partial charge is 0.349 e. The molecule has 0 spiro atoms. The van der Waals surface area contributed by atoms with Crippen molar-refractivity contribution in [1.82, 2.24) is 5.32 Å². The van der Waals surface area contributed by atoms with E-state index < -0.39 is 0 Å². The highest BCUT2D eigenvalue weighted by Crippen LogP contribution is 2.38. The first kappa shape index (κ1) is 14.1. The molecule has 3 atom stereocenters. The number of carbonyl (C=O) groups is 1. The Morgan fingerprint density at radius 2 is 1.84 bits per heavy atom. The number of benzene rings is 1. The monoisotopic (exact) mass is 259 g/mol. The van der Waals surface area contributed by atoms with Crippen molar-refractivity contribution in [3.63, 3.8) is 0 Å². The molecular formula is C17H25NO. The first-order chi connectivity index (χ1) is 8.97. The van der Waals surface area contributed by atoms with Crippen LogP contribution in [0.4, 0.5) is 0 Å². The third-order valence-electron chi connectivity index (χ3n) is 3.93. The van der Waals surface area contributed by atoms with Crippen LogP contribution in [0.2, 0.25) is 0 Å². The van der Waals surface area contributed by atoms with Crippen molar-refractivity contribution in [2.24, 2.45) is 17.8 Å². The Labute approximate surface area is 116 Å². The van der Waals surface area contributed by atoms with E-state index in [0.29, 0.717) is 11.8 Å². The van der Waals surface area contributed by atoms with Crippen molar-refractivity contribution >= 4 is 5.91 Å². The second kappa shape index (κ2) is 5.77. The minimum atomic E-state index is 0.105. The molecule has 2 heteroatoms. The molecule has 1 aliphatic carbocycles. The molecule has 2 rings (SSSR count). The SMILES string of the molecule is CC(C)Cc1ccc([C@H](C)NC(=O)[C@@H]2C[C@H]2C)cc1. The van der Waals surface area contributed by atoms with Gasteiger partial charge in [-0.25, -0.2) is 0 Å². The second-order valence-electron chi connectivity index (χ2n) is 6.39. The summed E-state index contributed by atoms with van der Waals surface area (Å²) in [6, 6.07) is 8.74. The van der Waals surface area contributed by atoms with Crippen LogP contribution in [-0.2, 0) is 11.2 Å². The Balaban J connectivity index is 1.91. The standard InChI is InChI=1S/C17H25NO/c1-11(2)9-14-5-7-15(8-6-14)13(4)18-17(19)16-10-12(16)3/h5-8,11-13,16H,9-10H2,1-4H3,(H,18,19)/t12-,13+,16-/m1/s1. The third kappa shape index (κ3) is 3.82. The van der Waals surface area contributed by atoms with Gasteiger partial charge in [0.2, 0.25) is 5.91 Å². The van der Waals surface area contributed by atoms with E-state index in [0.717, 1.165) is 12.8 Å². The average molecular weight is 259 g/mol. The van der Waals surface area contributed by atoms with Gasteiger partial charge in [0.05, 0.1) is 6.04 Å². The lowest BCUT2D eigenvalue weighted by Gasteiger charge is -2.15. The molecule has 2 nitrogen and oxygen atoms in total. The van der Waals surface area contributed by atoms with Crippen molar-refractivity contribution in [2.75, 3.05) is 0 Å². The van der Waals surface area contributed by atoms with Crippen molar-refractivity contribution in [1.29, 1.82) is 0 Å². The first-order valence-electron chi connectivity index (χ1n) is 7.36. The molecule has 0 heterocycles. The Morgan fingerprint density at radius 3 is 2.32 bits per heavy atom. The van der Waals surface area contributed by atoms with E-state index in [4.69, 9.17) is 0 Å². The zero-order valence-electron chi connectivity index (χ0n) is 12.4. The summed E-state index contributed by atoms with van der Waals surface area (Å²) in [7, 11) is 0. The fourth-order valence-corrected chi connectivity index (χ4v) is 2.50. The van der Waals surface area contributed by atoms with Gasteiger partial charge in [0.1, 0.15) is 0 Å². The van der Waals surface area contributed by atoms with Crippen LogP contribution in [0.25, 0.3) is 0 Å². The Kier molecular flexibility index (Phi) is 4.28. The van der Waals surface area contributed by atoms with Gasteiger partial charge < -0.3 is 5.32 Å². The summed E-state index contributed by atoms with van der Waals surface area (Å²) in [6.45, 7) is 8.65. The first-order valence-corrected chi connectivity index (χ1v) is 7.36. The normalized spacial score (nSPS) is 23.2. The molecule has 0 saturated heterocycles. The predicted octanol–water partition coefficient (Wildman–Crippen LogP) is 3.72. The van der Waals surface area contributed by atoms with Gasteiger partial charge in [-0.15, -0.1) is 0 Å². The number of amides is 1. The molecule has 1 fully saturated rings. The summed E-state index contributed by atoms with van der Waals surface area (Å²) < 4.78 is 0. The molecule has 0 aliphatic heterocycles. The molecule has 1 aromatic rings. The highest BCUT2D eigenvalue weighted by atomic mass is 16.2. The number of nitrogens with one attached hydrogen (secondary N) is 1. The molecule has 1 aromatic carbocycles. The topological polar surface area (TPSA) is 29.1 Å². The summed E-state index contributed by atoms with van der Waals surface area (Å²) in [4.78, 5) is 11.9. The van der Waals surface area contributed by atoms with E-state index in [9.17, 15) is 4.79 Å². The maximum atomic E-state index is 11.9. The Hall–Kier alpha value is -1.31. The average Bonchev–Trinajstić information content (AvgIpc) is 3.06. The maximum absolute atomic E-state index is 11.9. The molecule has 104 valence electrons. The van der Waals surface area contributed by atoms with Crippen molar-refractivity contribution in [3.05, 3.63) is 35.4 Å². The van der Waals surface area contributed by atoms with Crippen LogP contribution >= 0.6 is 0 Å². The maximum Gasteiger partial charge on any atom is 0.223 e. The summed E-state index contributed by atoms with van der Waals surface area (Å²) in [5.41, 5.74) is 2.56. The van der Waals surface area contributed by atoms with Gasteiger partial charge in [-0.2, -0.15) is 0 Å². The molecule has 1 N–H and O–H groups in total. The molecule has 0 radical (unpaired) electrons. The van der Waals surface area contributed by atoms with Crippen LogP contribution in [0.5, 0.6) is 0 Å². The fourth-order valence-electron chi connectivity index (χ4n) is 2.50. The van der Waals surface area contributed by atoms with Crippen LogP contribution in [0.3, 0.4) is 0 Å². The van der Waals surface area contributed by atoms with Gasteiger partial charge >= 0.3 is 0 Å². The summed E-state index contributed by atoms with van der Waals surface area (Å²) in [6.07, 6.45) is 2.16. The lowest BCUT2D eigenvalue weighted by Crippen LogP contribution is -2.28. The van der Waals surface area contributed by atoms with E-state index in [1.165, 1.54) is 11.1 Å². The van der Waals surface area contributed by atoms with E-state index in [-0.39, 0.29) is 17.9 Å². The van der Waals surface area contributed by atoms with Gasteiger partial charge in [0.25, 0.3) is 0 Å². The fraction of sp³-hybridized carbons (Fsp3) is 0.588.